The number of carbonyl (C=O) groups excluding carboxylic acids is 1. The third-order valence-corrected chi connectivity index (χ3v) is 20.0. The van der Waals surface area contributed by atoms with Gasteiger partial charge in [0.1, 0.15) is 0 Å². The van der Waals surface area contributed by atoms with Gasteiger partial charge in [0.15, 0.2) is 0 Å². The van der Waals surface area contributed by atoms with E-state index in [0.29, 0.717) is 25.7 Å². The number of carboxylic acids is 5. The summed E-state index contributed by atoms with van der Waals surface area (Å²) in [6.45, 7) is 11.3. The first-order valence-corrected chi connectivity index (χ1v) is 44.9. The summed E-state index contributed by atoms with van der Waals surface area (Å²) in [5.41, 5.74) is 0. The van der Waals surface area contributed by atoms with Crippen molar-refractivity contribution < 1.29 is 79.1 Å². The molecule has 0 atom stereocenters. The molecule has 0 aromatic rings. The monoisotopic (exact) mass is 1440 g/mol. The predicted octanol–water partition coefficient (Wildman–Crippen LogP) is 27.3. The van der Waals surface area contributed by atoms with Gasteiger partial charge in [-0.05, 0) is 38.5 Å². The molecule has 600 valence electrons. The number of aliphatic carboxylic acids is 5. The van der Waals surface area contributed by atoms with E-state index in [1.807, 2.05) is 0 Å². The van der Waals surface area contributed by atoms with Crippen LogP contribution in [0.1, 0.15) is 548 Å². The Kier molecular flexibility index (Phi) is 117. The maximum Gasteiger partial charge on any atom is 1.00 e. The van der Waals surface area contributed by atoms with Gasteiger partial charge in [-0.15, -0.1) is 0 Å². The number of unbranched alkanes of at least 4 members (excludes halogenated alkanes) is 70. The van der Waals surface area contributed by atoms with Crippen LogP contribution >= 0.6 is 0 Å². The Morgan fingerprint density at radius 1 is 0.158 bits per heavy atom. The third-order valence-electron chi connectivity index (χ3n) is 20.0. The molecule has 0 aromatic heterocycles. The molecular formula is C90H179NaO10. The number of rotatable bonds is 80. The van der Waals surface area contributed by atoms with Gasteiger partial charge in [-0.2, -0.15) is 0 Å². The van der Waals surface area contributed by atoms with E-state index in [1.165, 1.54) is 417 Å². The molecule has 0 unspecified atom stereocenters. The second-order valence-corrected chi connectivity index (χ2v) is 30.4. The SMILES string of the molecule is CCCCCCCCCCCCCCCCCC(=O)O.CCCCCCCCCCCCCCCCCC(=O)O.CCCCCCCCCCCCCCCCCC(=O)O.CCCCCCCCCCCCCCCCCC(=O)O.CCCCCCCCCCCCCCCCCC(=O)[O-].[Na+]. The van der Waals surface area contributed by atoms with Crippen LogP contribution in [0.3, 0.4) is 0 Å². The summed E-state index contributed by atoms with van der Waals surface area (Å²) >= 11 is 0. The minimum absolute atomic E-state index is 0. The van der Waals surface area contributed by atoms with Gasteiger partial charge in [0.05, 0.1) is 0 Å². The molecule has 0 amide bonds. The van der Waals surface area contributed by atoms with Gasteiger partial charge in [-0.3, -0.25) is 19.2 Å². The predicted molar refractivity (Wildman–Crippen MR) is 433 cm³/mol. The standard InChI is InChI=1S/5C18H36O2.Na/c5*1-2-3-4-5-6-7-8-9-10-11-12-13-14-15-16-17-18(19)20;/h5*2-17H2,1H3,(H,19,20);/q;;;;;+1/p-1. The first kappa shape index (κ1) is 110. The van der Waals surface area contributed by atoms with Crippen molar-refractivity contribution in [2.45, 2.75) is 548 Å². The molecule has 0 spiro atoms. The van der Waals surface area contributed by atoms with Gasteiger partial charge in [-0.25, -0.2) is 0 Å². The van der Waals surface area contributed by atoms with E-state index in [2.05, 4.69) is 34.6 Å². The molecule has 0 rings (SSSR count). The first-order valence-electron chi connectivity index (χ1n) is 44.9. The van der Waals surface area contributed by atoms with Crippen molar-refractivity contribution in [3.63, 3.8) is 0 Å². The summed E-state index contributed by atoms with van der Waals surface area (Å²) in [4.78, 5) is 51.6. The Bertz CT molecular complexity index is 1270. The molecule has 10 nitrogen and oxygen atoms in total. The molecule has 0 aromatic carbocycles. The van der Waals surface area contributed by atoms with Crippen molar-refractivity contribution in [2.24, 2.45) is 0 Å². The number of carbonyl (C=O) groups is 5. The molecule has 0 fully saturated rings. The molecule has 4 N–H and O–H groups in total. The van der Waals surface area contributed by atoms with Gasteiger partial charge in [0.2, 0.25) is 0 Å². The molecule has 0 aliphatic heterocycles. The maximum atomic E-state index is 10.3. The van der Waals surface area contributed by atoms with Gasteiger partial charge in [0.25, 0.3) is 0 Å². The molecule has 101 heavy (non-hydrogen) atoms. The first-order chi connectivity index (χ1) is 48.9. The van der Waals surface area contributed by atoms with Crippen LogP contribution < -0.4 is 34.7 Å². The minimum atomic E-state index is -0.903. The summed E-state index contributed by atoms with van der Waals surface area (Å²) in [7, 11) is 0. The average Bonchev–Trinajstić information content (AvgIpc) is 3.67. The summed E-state index contributed by atoms with van der Waals surface area (Å²) in [6, 6.07) is 0. The van der Waals surface area contributed by atoms with Crippen LogP contribution in [0.25, 0.3) is 0 Å². The van der Waals surface area contributed by atoms with E-state index in [1.54, 1.807) is 0 Å². The molecular weight excluding hydrogens is 1260 g/mol. The molecule has 0 saturated heterocycles. The third kappa shape index (κ3) is 131. The van der Waals surface area contributed by atoms with Crippen LogP contribution in [-0.4, -0.2) is 50.3 Å². The normalized spacial score (nSPS) is 10.7. The fourth-order valence-corrected chi connectivity index (χ4v) is 13.2. The van der Waals surface area contributed by atoms with Crippen LogP contribution in [0.15, 0.2) is 0 Å². The quantitative estimate of drug-likeness (QED) is 0.0337. The topological polar surface area (TPSA) is 189 Å². The summed E-state index contributed by atoms with van der Waals surface area (Å²) in [5.74, 6) is -3.52. The number of hydrogen-bond acceptors (Lipinski definition) is 6. The molecule has 0 heterocycles. The van der Waals surface area contributed by atoms with E-state index >= 15 is 0 Å². The van der Waals surface area contributed by atoms with Gasteiger partial charge in [0, 0.05) is 31.7 Å². The van der Waals surface area contributed by atoms with E-state index in [0.717, 1.165) is 64.2 Å². The second kappa shape index (κ2) is 107. The molecule has 0 radical (unpaired) electrons. The van der Waals surface area contributed by atoms with Crippen LogP contribution in [0.5, 0.6) is 0 Å². The Hall–Kier alpha value is -1.65. The molecule has 11 heteroatoms. The van der Waals surface area contributed by atoms with Crippen molar-refractivity contribution in [1.29, 1.82) is 0 Å². The smallest absolute Gasteiger partial charge is 0.550 e. The van der Waals surface area contributed by atoms with Crippen LogP contribution in [-0.2, 0) is 24.0 Å². The van der Waals surface area contributed by atoms with Crippen molar-refractivity contribution in [2.75, 3.05) is 0 Å². The zero-order valence-corrected chi connectivity index (χ0v) is 71.3. The van der Waals surface area contributed by atoms with Crippen LogP contribution in [0.2, 0.25) is 0 Å². The van der Waals surface area contributed by atoms with Crippen molar-refractivity contribution in [1.82, 2.24) is 0 Å². The summed E-state index contributed by atoms with van der Waals surface area (Å²) in [5, 5.41) is 44.3. The van der Waals surface area contributed by atoms with Gasteiger partial charge < -0.3 is 30.3 Å². The Morgan fingerprint density at radius 2 is 0.238 bits per heavy atom. The summed E-state index contributed by atoms with van der Waals surface area (Å²) < 4.78 is 0. The molecule has 0 aliphatic carbocycles. The molecule has 0 bridgehead atoms. The fraction of sp³-hybridized carbons (Fsp3) is 0.944. The van der Waals surface area contributed by atoms with E-state index in [9.17, 15) is 29.1 Å². The van der Waals surface area contributed by atoms with Crippen LogP contribution in [0, 0.1) is 0 Å². The Labute approximate surface area is 652 Å². The van der Waals surface area contributed by atoms with E-state index in [-0.39, 0.29) is 36.0 Å². The second-order valence-electron chi connectivity index (χ2n) is 30.4. The van der Waals surface area contributed by atoms with Crippen molar-refractivity contribution in [3.05, 3.63) is 0 Å². The fourth-order valence-electron chi connectivity index (χ4n) is 13.2. The average molecular weight is 1440 g/mol. The van der Waals surface area contributed by atoms with E-state index in [4.69, 9.17) is 20.4 Å². The zero-order chi connectivity index (χ0) is 74.5. The van der Waals surface area contributed by atoms with E-state index < -0.39 is 29.8 Å². The number of hydrogen-bond donors (Lipinski definition) is 4. The number of carboxylic acid groups (broad SMARTS) is 5. The zero-order valence-electron chi connectivity index (χ0n) is 69.3. The van der Waals surface area contributed by atoms with Crippen molar-refractivity contribution in [3.8, 4) is 0 Å². The minimum Gasteiger partial charge on any atom is -0.550 e. The Morgan fingerprint density at radius 3 is 0.317 bits per heavy atom. The largest absolute Gasteiger partial charge is 1.00 e. The summed E-state index contributed by atoms with van der Waals surface area (Å²) in [6.07, 6.45) is 101. The molecule has 0 aliphatic rings. The van der Waals surface area contributed by atoms with Crippen molar-refractivity contribution >= 4 is 29.8 Å². The Balaban J connectivity index is -0.000000279. The molecule has 0 saturated carbocycles. The van der Waals surface area contributed by atoms with Gasteiger partial charge in [-0.1, -0.05) is 484 Å². The van der Waals surface area contributed by atoms with Crippen LogP contribution in [0.4, 0.5) is 0 Å². The maximum absolute atomic E-state index is 10.3. The van der Waals surface area contributed by atoms with Gasteiger partial charge >= 0.3 is 53.4 Å².